The van der Waals surface area contributed by atoms with Gasteiger partial charge >= 0.3 is 6.08 Å². The fraction of sp³-hybridized carbons (Fsp3) is 0.208. The zero-order chi connectivity index (χ0) is 28.2. The SMILES string of the molecule is CCNc1nc(F)nc(Nc2ccc(N=Nc3ccc(N=N)c4c3C=CC(C)(S(=O)(=O)O)C=C4)c(NC)c2)n1. The molecule has 0 saturated carbocycles. The van der Waals surface area contributed by atoms with Crippen LogP contribution >= 0.6 is 0 Å². The summed E-state index contributed by atoms with van der Waals surface area (Å²) in [5.74, 6) is 0.130. The molecule has 4 rings (SSSR count). The summed E-state index contributed by atoms with van der Waals surface area (Å²) in [5, 5.41) is 21.0. The second kappa shape index (κ2) is 11.0. The van der Waals surface area contributed by atoms with E-state index >= 15 is 0 Å². The number of benzene rings is 2. The smallest absolute Gasteiger partial charge is 0.315 e. The number of anilines is 4. The molecule has 13 nitrogen and oxygen atoms in total. The number of hydrogen-bond donors (Lipinski definition) is 5. The number of nitrogens with zero attached hydrogens (tertiary/aromatic N) is 6. The Labute approximate surface area is 223 Å². The predicted molar refractivity (Wildman–Crippen MR) is 147 cm³/mol. The van der Waals surface area contributed by atoms with Gasteiger partial charge in [0.1, 0.15) is 10.4 Å². The lowest BCUT2D eigenvalue weighted by atomic mass is 10.0. The lowest BCUT2D eigenvalue weighted by molar-refractivity contribution is 0.466. The van der Waals surface area contributed by atoms with E-state index in [1.807, 2.05) is 6.92 Å². The van der Waals surface area contributed by atoms with E-state index in [9.17, 15) is 17.4 Å². The minimum absolute atomic E-state index is 0.0224. The van der Waals surface area contributed by atoms with Crippen LogP contribution < -0.4 is 16.0 Å². The average molecular weight is 553 g/mol. The molecule has 1 heterocycles. The maximum absolute atomic E-state index is 13.8. The fourth-order valence-electron chi connectivity index (χ4n) is 3.65. The summed E-state index contributed by atoms with van der Waals surface area (Å²) in [6, 6.07) is 8.25. The van der Waals surface area contributed by atoms with Crippen LogP contribution in [0.2, 0.25) is 0 Å². The van der Waals surface area contributed by atoms with Crippen molar-refractivity contribution < 1.29 is 17.4 Å². The molecule has 2 aromatic carbocycles. The molecule has 1 aliphatic rings. The van der Waals surface area contributed by atoms with E-state index in [1.54, 1.807) is 37.4 Å². The van der Waals surface area contributed by atoms with Crippen LogP contribution in [0.25, 0.3) is 12.2 Å². The van der Waals surface area contributed by atoms with E-state index in [4.69, 9.17) is 5.53 Å². The number of azo groups is 1. The van der Waals surface area contributed by atoms with Gasteiger partial charge in [-0.15, -0.1) is 10.2 Å². The Kier molecular flexibility index (Phi) is 7.73. The van der Waals surface area contributed by atoms with Crippen LogP contribution in [-0.2, 0) is 10.1 Å². The van der Waals surface area contributed by atoms with E-state index in [2.05, 4.69) is 46.2 Å². The van der Waals surface area contributed by atoms with Gasteiger partial charge in [-0.25, -0.2) is 5.53 Å². The van der Waals surface area contributed by atoms with E-state index in [1.165, 1.54) is 31.2 Å². The van der Waals surface area contributed by atoms with Crippen LogP contribution in [0.4, 0.5) is 44.7 Å². The van der Waals surface area contributed by atoms with Crippen molar-refractivity contribution in [3.05, 3.63) is 59.7 Å². The molecule has 1 unspecified atom stereocenters. The van der Waals surface area contributed by atoms with Crippen molar-refractivity contribution in [1.29, 1.82) is 5.53 Å². The van der Waals surface area contributed by atoms with Gasteiger partial charge in [0, 0.05) is 30.4 Å². The maximum Gasteiger partial charge on any atom is 0.315 e. The molecule has 0 aliphatic heterocycles. The first kappa shape index (κ1) is 27.4. The molecule has 0 saturated heterocycles. The van der Waals surface area contributed by atoms with Gasteiger partial charge in [-0.1, -0.05) is 24.3 Å². The summed E-state index contributed by atoms with van der Waals surface area (Å²) in [7, 11) is -2.76. The first-order valence-corrected chi connectivity index (χ1v) is 13.1. The van der Waals surface area contributed by atoms with Crippen molar-refractivity contribution in [3.8, 4) is 0 Å². The van der Waals surface area contributed by atoms with Crippen molar-refractivity contribution in [3.63, 3.8) is 0 Å². The number of fused-ring (bicyclic) bond motifs is 1. The Morgan fingerprint density at radius 2 is 1.62 bits per heavy atom. The number of aromatic nitrogens is 3. The summed E-state index contributed by atoms with van der Waals surface area (Å²) in [4.78, 5) is 11.4. The van der Waals surface area contributed by atoms with Crippen molar-refractivity contribution in [1.82, 2.24) is 15.0 Å². The quantitative estimate of drug-likeness (QED) is 0.157. The molecule has 1 atom stereocenters. The Morgan fingerprint density at radius 3 is 2.26 bits per heavy atom. The number of hydrogen-bond acceptors (Lipinski definition) is 12. The highest BCUT2D eigenvalue weighted by Gasteiger charge is 2.34. The molecule has 202 valence electrons. The predicted octanol–water partition coefficient (Wildman–Crippen LogP) is 5.99. The van der Waals surface area contributed by atoms with E-state index < -0.39 is 20.9 Å². The van der Waals surface area contributed by atoms with Gasteiger partial charge < -0.3 is 16.0 Å². The van der Waals surface area contributed by atoms with Gasteiger partial charge in [-0.3, -0.25) is 4.55 Å². The van der Waals surface area contributed by atoms with Gasteiger partial charge in [0.2, 0.25) is 11.9 Å². The van der Waals surface area contributed by atoms with Gasteiger partial charge in [0.15, 0.2) is 0 Å². The minimum atomic E-state index is -4.45. The molecule has 1 aromatic heterocycles. The second-order valence-corrected chi connectivity index (χ2v) is 10.3. The van der Waals surface area contributed by atoms with Crippen LogP contribution in [0, 0.1) is 11.6 Å². The second-order valence-electron chi connectivity index (χ2n) is 8.46. The molecule has 0 spiro atoms. The molecule has 0 amide bonds. The van der Waals surface area contributed by atoms with Crippen molar-refractivity contribution >= 4 is 62.6 Å². The third-order valence-electron chi connectivity index (χ3n) is 5.81. The molecular weight excluding hydrogens is 527 g/mol. The van der Waals surface area contributed by atoms with Gasteiger partial charge in [0.25, 0.3) is 10.1 Å². The van der Waals surface area contributed by atoms with Crippen LogP contribution in [0.3, 0.4) is 0 Å². The summed E-state index contributed by atoms with van der Waals surface area (Å²) >= 11 is 0. The molecule has 0 radical (unpaired) electrons. The molecule has 15 heteroatoms. The zero-order valence-corrected chi connectivity index (χ0v) is 22.0. The van der Waals surface area contributed by atoms with Gasteiger partial charge in [0.05, 0.1) is 17.1 Å². The number of halogens is 1. The Hall–Kier alpha value is -4.63. The molecule has 3 aromatic rings. The molecule has 0 fully saturated rings. The molecule has 39 heavy (non-hydrogen) atoms. The number of nitrogens with one attached hydrogen (secondary N) is 4. The minimum Gasteiger partial charge on any atom is -0.386 e. The summed E-state index contributed by atoms with van der Waals surface area (Å²) in [6.45, 7) is 3.70. The molecule has 5 N–H and O–H groups in total. The highest BCUT2D eigenvalue weighted by atomic mass is 32.2. The topological polar surface area (TPSA) is 190 Å². The lowest BCUT2D eigenvalue weighted by Gasteiger charge is -2.16. The summed E-state index contributed by atoms with van der Waals surface area (Å²) in [6.07, 6.45) is 4.73. The maximum atomic E-state index is 13.8. The normalized spacial score (nSPS) is 16.5. The van der Waals surface area contributed by atoms with Crippen LogP contribution in [0.1, 0.15) is 25.0 Å². The van der Waals surface area contributed by atoms with Gasteiger partial charge in [-0.05, 0) is 44.2 Å². The van der Waals surface area contributed by atoms with Crippen LogP contribution in [0.5, 0.6) is 0 Å². The van der Waals surface area contributed by atoms with Crippen molar-refractivity contribution in [2.24, 2.45) is 15.3 Å². The zero-order valence-electron chi connectivity index (χ0n) is 21.1. The Balaban J connectivity index is 1.66. The van der Waals surface area contributed by atoms with Gasteiger partial charge in [-0.2, -0.15) is 32.9 Å². The summed E-state index contributed by atoms with van der Waals surface area (Å²) in [5.41, 5.74) is 10.7. The first-order chi connectivity index (χ1) is 18.6. The van der Waals surface area contributed by atoms with Crippen molar-refractivity contribution in [2.45, 2.75) is 18.6 Å². The lowest BCUT2D eigenvalue weighted by Crippen LogP contribution is -2.29. The molecule has 1 aliphatic carbocycles. The highest BCUT2D eigenvalue weighted by molar-refractivity contribution is 7.87. The highest BCUT2D eigenvalue weighted by Crippen LogP contribution is 2.39. The monoisotopic (exact) mass is 552 g/mol. The first-order valence-electron chi connectivity index (χ1n) is 11.6. The standard InChI is InChI=1S/C24H25FN10O3S/c1-4-28-22-30-21(25)31-23(32-22)29-14-5-6-19(20(13-14)27-3)35-34-18-8-7-17(33-26)15-9-11-24(2,39(36,37)38)12-10-16(15)18/h5-13,26-27H,4H2,1-3H3,(H,36,37,38)(H2,28,29,30,31,32). The average Bonchev–Trinajstić information content (AvgIpc) is 3.08. The fourth-order valence-corrected chi connectivity index (χ4v) is 4.13. The molecule has 0 bridgehead atoms. The number of rotatable bonds is 9. The van der Waals surface area contributed by atoms with E-state index in [0.717, 1.165) is 0 Å². The van der Waals surface area contributed by atoms with Crippen LogP contribution in [0.15, 0.2) is 57.8 Å². The van der Waals surface area contributed by atoms with Crippen molar-refractivity contribution in [2.75, 3.05) is 29.5 Å². The third kappa shape index (κ3) is 5.94. The largest absolute Gasteiger partial charge is 0.386 e. The summed E-state index contributed by atoms with van der Waals surface area (Å²) < 4.78 is 45.7. The van der Waals surface area contributed by atoms with E-state index in [0.29, 0.717) is 46.1 Å². The third-order valence-corrected chi connectivity index (χ3v) is 7.19. The van der Waals surface area contributed by atoms with E-state index in [-0.39, 0.29) is 11.9 Å². The Bertz CT molecular complexity index is 1620. The Morgan fingerprint density at radius 1 is 1.00 bits per heavy atom. The molecular formula is C24H25FN10O3S. The van der Waals surface area contributed by atoms with Crippen LogP contribution in [-0.4, -0.2) is 46.3 Å².